The van der Waals surface area contributed by atoms with Crippen molar-refractivity contribution in [1.29, 1.82) is 0 Å². The number of fused-ring (bicyclic) bond motifs is 1. The third-order valence-corrected chi connectivity index (χ3v) is 5.34. The zero-order valence-corrected chi connectivity index (χ0v) is 14.3. The molecule has 1 N–H and O–H groups in total. The first-order valence-electron chi connectivity index (χ1n) is 8.81. The number of hydrogen-bond donors (Lipinski definition) is 1. The predicted octanol–water partition coefficient (Wildman–Crippen LogP) is 1.79. The predicted molar refractivity (Wildman–Crippen MR) is 91.0 cm³/mol. The fraction of sp³-hybridized carbons (Fsp3) is 0.500. The van der Waals surface area contributed by atoms with Gasteiger partial charge in [0.15, 0.2) is 0 Å². The largest absolute Gasteiger partial charge is 0.336 e. The summed E-state index contributed by atoms with van der Waals surface area (Å²) in [5.74, 6) is 1.76. The minimum absolute atomic E-state index is 0.114. The van der Waals surface area contributed by atoms with Gasteiger partial charge in [0.1, 0.15) is 11.6 Å². The Morgan fingerprint density at radius 1 is 1.16 bits per heavy atom. The van der Waals surface area contributed by atoms with Gasteiger partial charge >= 0.3 is 0 Å². The van der Waals surface area contributed by atoms with Gasteiger partial charge in [0, 0.05) is 13.1 Å². The number of likely N-dealkylation sites (tertiary alicyclic amines) is 1. The van der Waals surface area contributed by atoms with Crippen LogP contribution in [0.5, 0.6) is 0 Å². The molecule has 2 saturated heterocycles. The van der Waals surface area contributed by atoms with Crippen LogP contribution in [0.4, 0.5) is 4.39 Å². The lowest BCUT2D eigenvalue weighted by Gasteiger charge is -2.19. The number of benzene rings is 1. The molecule has 2 atom stereocenters. The van der Waals surface area contributed by atoms with Gasteiger partial charge in [0.25, 0.3) is 5.91 Å². The lowest BCUT2D eigenvalue weighted by molar-refractivity contribution is 0.0746. The molecule has 6 nitrogen and oxygen atoms in total. The summed E-state index contributed by atoms with van der Waals surface area (Å²) in [5, 5.41) is 7.81. The first-order valence-corrected chi connectivity index (χ1v) is 8.81. The summed E-state index contributed by atoms with van der Waals surface area (Å²) in [6, 6.07) is 6.01. The number of nitrogens with zero attached hydrogens (tertiary/aromatic N) is 4. The van der Waals surface area contributed by atoms with E-state index < -0.39 is 0 Å². The monoisotopic (exact) mass is 343 g/mol. The standard InChI is InChI=1S/C18H22FN5O/c1-12-21-17(22-24(12)16-4-2-15(19)3-5-16)18(25)23-8-6-13-10-20-11-14(13)7-9-23/h2-5,13-14,20H,6-11H2,1H3/t13-,14+. The number of nitrogens with one attached hydrogen (secondary N) is 1. The molecule has 1 amide bonds. The quantitative estimate of drug-likeness (QED) is 0.903. The third-order valence-electron chi connectivity index (χ3n) is 5.34. The molecule has 0 unspecified atom stereocenters. The fourth-order valence-electron chi connectivity index (χ4n) is 3.87. The number of amides is 1. The van der Waals surface area contributed by atoms with Crippen molar-refractivity contribution in [2.75, 3.05) is 26.2 Å². The number of rotatable bonds is 2. The zero-order chi connectivity index (χ0) is 17.4. The highest BCUT2D eigenvalue weighted by atomic mass is 19.1. The van der Waals surface area contributed by atoms with Gasteiger partial charge in [-0.3, -0.25) is 4.79 Å². The van der Waals surface area contributed by atoms with Crippen molar-refractivity contribution in [3.63, 3.8) is 0 Å². The first-order chi connectivity index (χ1) is 12.1. The molecule has 0 bridgehead atoms. The second-order valence-electron chi connectivity index (χ2n) is 6.92. The third kappa shape index (κ3) is 3.16. The molecule has 1 aromatic heterocycles. The summed E-state index contributed by atoms with van der Waals surface area (Å²) in [4.78, 5) is 19.1. The van der Waals surface area contributed by atoms with Crippen LogP contribution in [-0.2, 0) is 0 Å². The van der Waals surface area contributed by atoms with E-state index in [0.29, 0.717) is 23.3 Å². The van der Waals surface area contributed by atoms with Crippen LogP contribution >= 0.6 is 0 Å². The van der Waals surface area contributed by atoms with E-state index in [2.05, 4.69) is 15.4 Å². The molecule has 2 aliphatic rings. The molecule has 7 heteroatoms. The molecule has 0 aliphatic carbocycles. The van der Waals surface area contributed by atoms with Gasteiger partial charge in [-0.05, 0) is 69.0 Å². The Morgan fingerprint density at radius 2 is 1.80 bits per heavy atom. The average molecular weight is 343 g/mol. The molecule has 4 rings (SSSR count). The molecular formula is C18H22FN5O. The highest BCUT2D eigenvalue weighted by molar-refractivity contribution is 5.90. The molecule has 2 aromatic rings. The van der Waals surface area contributed by atoms with Gasteiger partial charge in [-0.15, -0.1) is 5.10 Å². The van der Waals surface area contributed by atoms with Crippen molar-refractivity contribution in [2.45, 2.75) is 19.8 Å². The van der Waals surface area contributed by atoms with Gasteiger partial charge < -0.3 is 10.2 Å². The molecule has 132 valence electrons. The van der Waals surface area contributed by atoms with Crippen LogP contribution in [0.1, 0.15) is 29.3 Å². The smallest absolute Gasteiger partial charge is 0.293 e. The van der Waals surface area contributed by atoms with Crippen LogP contribution in [0.15, 0.2) is 24.3 Å². The van der Waals surface area contributed by atoms with Crippen LogP contribution in [0.2, 0.25) is 0 Å². The second-order valence-corrected chi connectivity index (χ2v) is 6.92. The van der Waals surface area contributed by atoms with Crippen molar-refractivity contribution in [3.8, 4) is 5.69 Å². The Kier molecular flexibility index (Phi) is 4.25. The molecule has 25 heavy (non-hydrogen) atoms. The molecule has 0 radical (unpaired) electrons. The molecule has 2 aliphatic heterocycles. The van der Waals surface area contributed by atoms with Gasteiger partial charge in [0.05, 0.1) is 5.69 Å². The normalized spacial score (nSPS) is 23.4. The van der Waals surface area contributed by atoms with Crippen molar-refractivity contribution < 1.29 is 9.18 Å². The fourth-order valence-corrected chi connectivity index (χ4v) is 3.87. The van der Waals surface area contributed by atoms with Crippen molar-refractivity contribution in [2.24, 2.45) is 11.8 Å². The second kappa shape index (κ2) is 6.55. The topological polar surface area (TPSA) is 63.1 Å². The molecular weight excluding hydrogens is 321 g/mol. The Bertz CT molecular complexity index is 758. The van der Waals surface area contributed by atoms with E-state index >= 15 is 0 Å². The molecule has 0 spiro atoms. The highest BCUT2D eigenvalue weighted by Crippen LogP contribution is 2.27. The Labute approximate surface area is 146 Å². The van der Waals surface area contributed by atoms with E-state index in [4.69, 9.17) is 0 Å². The Balaban J connectivity index is 1.52. The number of carbonyl (C=O) groups excluding carboxylic acids is 1. The molecule has 1 aromatic carbocycles. The maximum atomic E-state index is 13.1. The summed E-state index contributed by atoms with van der Waals surface area (Å²) in [6.45, 7) is 5.43. The summed E-state index contributed by atoms with van der Waals surface area (Å²) in [6.07, 6.45) is 2.06. The molecule has 0 saturated carbocycles. The maximum Gasteiger partial charge on any atom is 0.293 e. The number of halogens is 1. The van der Waals surface area contributed by atoms with E-state index in [-0.39, 0.29) is 17.5 Å². The summed E-state index contributed by atoms with van der Waals surface area (Å²) < 4.78 is 14.7. The minimum atomic E-state index is -0.303. The summed E-state index contributed by atoms with van der Waals surface area (Å²) in [5.41, 5.74) is 0.696. The van der Waals surface area contributed by atoms with E-state index in [1.54, 1.807) is 23.7 Å². The maximum absolute atomic E-state index is 13.1. The number of carbonyl (C=O) groups is 1. The minimum Gasteiger partial charge on any atom is -0.336 e. The first kappa shape index (κ1) is 16.2. The van der Waals surface area contributed by atoms with Crippen LogP contribution in [0.3, 0.4) is 0 Å². The van der Waals surface area contributed by atoms with E-state index in [0.717, 1.165) is 39.0 Å². The van der Waals surface area contributed by atoms with Crippen LogP contribution < -0.4 is 5.32 Å². The van der Waals surface area contributed by atoms with Crippen molar-refractivity contribution in [3.05, 3.63) is 41.7 Å². The number of hydrogen-bond acceptors (Lipinski definition) is 4. The van der Waals surface area contributed by atoms with Gasteiger partial charge in [-0.25, -0.2) is 14.1 Å². The van der Waals surface area contributed by atoms with Crippen LogP contribution in [0, 0.1) is 24.6 Å². The lowest BCUT2D eigenvalue weighted by atomic mass is 9.92. The van der Waals surface area contributed by atoms with Crippen molar-refractivity contribution >= 4 is 5.91 Å². The van der Waals surface area contributed by atoms with E-state index in [1.807, 2.05) is 4.90 Å². The van der Waals surface area contributed by atoms with Gasteiger partial charge in [0.2, 0.25) is 5.82 Å². The average Bonchev–Trinajstić information content (AvgIpc) is 3.17. The van der Waals surface area contributed by atoms with Gasteiger partial charge in [-0.2, -0.15) is 0 Å². The molecule has 3 heterocycles. The van der Waals surface area contributed by atoms with E-state index in [9.17, 15) is 9.18 Å². The van der Waals surface area contributed by atoms with Gasteiger partial charge in [-0.1, -0.05) is 0 Å². The van der Waals surface area contributed by atoms with E-state index in [1.165, 1.54) is 12.1 Å². The Morgan fingerprint density at radius 3 is 2.44 bits per heavy atom. The number of aryl methyl sites for hydroxylation is 1. The van der Waals surface area contributed by atoms with Crippen molar-refractivity contribution in [1.82, 2.24) is 25.0 Å². The highest BCUT2D eigenvalue weighted by Gasteiger charge is 2.32. The zero-order valence-electron chi connectivity index (χ0n) is 14.3. The Hall–Kier alpha value is -2.28. The summed E-state index contributed by atoms with van der Waals surface area (Å²) >= 11 is 0. The summed E-state index contributed by atoms with van der Waals surface area (Å²) in [7, 11) is 0. The van der Waals surface area contributed by atoms with Crippen LogP contribution in [-0.4, -0.2) is 51.8 Å². The SMILES string of the molecule is Cc1nc(C(=O)N2CC[C@@H]3CNC[C@@H]3CC2)nn1-c1ccc(F)cc1. The van der Waals surface area contributed by atoms with Crippen LogP contribution in [0.25, 0.3) is 5.69 Å². The lowest BCUT2D eigenvalue weighted by Crippen LogP contribution is -2.33. The number of aromatic nitrogens is 3. The molecule has 2 fully saturated rings.